The molecule has 1 saturated carbocycles. The molecule has 3 rings (SSSR count). The van der Waals surface area contributed by atoms with Crippen LogP contribution in [0.1, 0.15) is 49.4 Å². The molecule has 0 aromatic carbocycles. The van der Waals surface area contributed by atoms with Crippen LogP contribution in [0, 0.1) is 5.92 Å². The lowest BCUT2D eigenvalue weighted by molar-refractivity contribution is -0.130. The highest BCUT2D eigenvalue weighted by Gasteiger charge is 2.26. The number of likely N-dealkylation sites (tertiary alicyclic amines) is 1. The predicted octanol–water partition coefficient (Wildman–Crippen LogP) is 2.54. The molecule has 9 nitrogen and oxygen atoms in total. The van der Waals surface area contributed by atoms with E-state index in [0.717, 1.165) is 19.3 Å². The van der Waals surface area contributed by atoms with Crippen molar-refractivity contribution in [3.8, 4) is 0 Å². The number of aliphatic imine (C=N–C) groups is 1. The molecule has 1 aromatic rings. The van der Waals surface area contributed by atoms with Crippen LogP contribution >= 0.6 is 0 Å². The fourth-order valence-corrected chi connectivity index (χ4v) is 4.14. The smallest absolute Gasteiger partial charge is 0.345 e. The third kappa shape index (κ3) is 8.17. The number of alkyl halides is 3. The number of aliphatic hydroxyl groups is 1. The topological polar surface area (TPSA) is 112 Å². The standard InChI is InChI=1S/C22H33F3N6O3/c1-14(13-34-21(24)25)28-22-27-11-18(20(33)29-16-6-8-31(12-16)9-7-23)19(30-22)26-10-15-2-4-17(32)5-3-15/h10-11,14-17,21,32H,2-9,12-13H2,1H3,(H,29,33)(H,27,28,30)/b26-10+/t14-,15?,16-,17?/m0/s1. The molecule has 12 heteroatoms. The molecule has 0 radical (unpaired) electrons. The molecule has 2 atom stereocenters. The van der Waals surface area contributed by atoms with Gasteiger partial charge in [0.25, 0.3) is 5.91 Å². The summed E-state index contributed by atoms with van der Waals surface area (Å²) in [5.41, 5.74) is 0.193. The first kappa shape index (κ1) is 26.3. The Hall–Kier alpha value is -2.31. The number of nitrogens with one attached hydrogen (secondary N) is 2. The van der Waals surface area contributed by atoms with Crippen molar-refractivity contribution in [1.29, 1.82) is 0 Å². The lowest BCUT2D eigenvalue weighted by Gasteiger charge is -2.22. The molecule has 1 saturated heterocycles. The summed E-state index contributed by atoms with van der Waals surface area (Å²) in [5.74, 6) is 0.0944. The quantitative estimate of drug-likeness (QED) is 0.412. The van der Waals surface area contributed by atoms with Crippen molar-refractivity contribution in [3.63, 3.8) is 0 Å². The summed E-state index contributed by atoms with van der Waals surface area (Å²) in [6.07, 6.45) is 6.50. The van der Waals surface area contributed by atoms with E-state index in [1.54, 1.807) is 13.1 Å². The molecule has 0 unspecified atom stereocenters. The lowest BCUT2D eigenvalue weighted by atomic mass is 9.88. The number of ether oxygens (including phenoxy) is 1. The number of rotatable bonds is 11. The van der Waals surface area contributed by atoms with E-state index in [-0.39, 0.29) is 47.9 Å². The molecule has 1 aromatic heterocycles. The molecule has 2 aliphatic rings. The maximum absolute atomic E-state index is 13.0. The Kier molecular flexibility index (Phi) is 10.0. The first-order valence-corrected chi connectivity index (χ1v) is 11.7. The number of hydrogen-bond donors (Lipinski definition) is 3. The van der Waals surface area contributed by atoms with E-state index in [4.69, 9.17) is 0 Å². The van der Waals surface area contributed by atoms with Crippen molar-refractivity contribution in [3.05, 3.63) is 11.8 Å². The van der Waals surface area contributed by atoms with Gasteiger partial charge in [-0.15, -0.1) is 0 Å². The molecule has 3 N–H and O–H groups in total. The van der Waals surface area contributed by atoms with E-state index in [0.29, 0.717) is 32.5 Å². The van der Waals surface area contributed by atoms with Gasteiger partial charge in [0.2, 0.25) is 5.95 Å². The Labute approximate surface area is 197 Å². The van der Waals surface area contributed by atoms with E-state index in [2.05, 4.69) is 30.3 Å². The van der Waals surface area contributed by atoms with Gasteiger partial charge in [-0.25, -0.2) is 14.4 Å². The minimum atomic E-state index is -2.87. The number of aromatic nitrogens is 2. The molecule has 0 bridgehead atoms. The van der Waals surface area contributed by atoms with E-state index in [1.807, 2.05) is 4.90 Å². The van der Waals surface area contributed by atoms with Crippen LogP contribution in [0.15, 0.2) is 11.2 Å². The summed E-state index contributed by atoms with van der Waals surface area (Å²) < 4.78 is 41.5. The van der Waals surface area contributed by atoms with Crippen LogP contribution in [-0.4, -0.2) is 89.8 Å². The van der Waals surface area contributed by atoms with Crippen LogP contribution in [0.3, 0.4) is 0 Å². The molecule has 34 heavy (non-hydrogen) atoms. The van der Waals surface area contributed by atoms with Crippen molar-refractivity contribution >= 4 is 23.9 Å². The Morgan fingerprint density at radius 2 is 2.12 bits per heavy atom. The van der Waals surface area contributed by atoms with Gasteiger partial charge < -0.3 is 20.5 Å². The number of carbonyl (C=O) groups is 1. The van der Waals surface area contributed by atoms with Crippen LogP contribution in [0.25, 0.3) is 0 Å². The summed E-state index contributed by atoms with van der Waals surface area (Å²) in [6.45, 7) is -0.279. The monoisotopic (exact) mass is 486 g/mol. The van der Waals surface area contributed by atoms with Crippen LogP contribution < -0.4 is 10.6 Å². The van der Waals surface area contributed by atoms with Crippen molar-refractivity contribution in [2.45, 2.75) is 63.8 Å². The average Bonchev–Trinajstić information content (AvgIpc) is 3.24. The third-order valence-corrected chi connectivity index (χ3v) is 6.02. The van der Waals surface area contributed by atoms with Gasteiger partial charge in [-0.2, -0.15) is 13.8 Å². The Balaban J connectivity index is 1.72. The predicted molar refractivity (Wildman–Crippen MR) is 121 cm³/mol. The fraction of sp³-hybridized carbons (Fsp3) is 0.727. The zero-order chi connectivity index (χ0) is 24.5. The van der Waals surface area contributed by atoms with Gasteiger partial charge in [0.05, 0.1) is 12.7 Å². The van der Waals surface area contributed by atoms with Crippen LogP contribution in [0.5, 0.6) is 0 Å². The first-order valence-electron chi connectivity index (χ1n) is 11.7. The van der Waals surface area contributed by atoms with Crippen molar-refractivity contribution in [1.82, 2.24) is 20.2 Å². The van der Waals surface area contributed by atoms with Gasteiger partial charge in [-0.3, -0.25) is 9.69 Å². The Morgan fingerprint density at radius 3 is 2.82 bits per heavy atom. The second-order valence-corrected chi connectivity index (χ2v) is 8.87. The molecule has 1 aliphatic heterocycles. The summed E-state index contributed by atoms with van der Waals surface area (Å²) in [7, 11) is 0. The Morgan fingerprint density at radius 1 is 1.35 bits per heavy atom. The van der Waals surface area contributed by atoms with Crippen molar-refractivity contribution < 1.29 is 27.8 Å². The maximum atomic E-state index is 13.0. The van der Waals surface area contributed by atoms with E-state index >= 15 is 0 Å². The Bertz CT molecular complexity index is 823. The normalized spacial score (nSPS) is 24.6. The molecule has 2 heterocycles. The summed E-state index contributed by atoms with van der Waals surface area (Å²) in [5, 5.41) is 15.5. The molecular weight excluding hydrogens is 453 g/mol. The highest BCUT2D eigenvalue weighted by atomic mass is 19.3. The number of nitrogens with zero attached hydrogens (tertiary/aromatic N) is 4. The highest BCUT2D eigenvalue weighted by Crippen LogP contribution is 2.25. The van der Waals surface area contributed by atoms with Gasteiger partial charge in [0, 0.05) is 44.1 Å². The maximum Gasteiger partial charge on any atom is 0.345 e. The minimum absolute atomic E-state index is 0.111. The molecule has 0 spiro atoms. The second kappa shape index (κ2) is 13.0. The van der Waals surface area contributed by atoms with Crippen molar-refractivity contribution in [2.75, 3.05) is 38.2 Å². The summed E-state index contributed by atoms with van der Waals surface area (Å²) in [4.78, 5) is 27.9. The number of anilines is 1. The highest BCUT2D eigenvalue weighted by molar-refractivity contribution is 5.98. The molecular formula is C22H33F3N6O3. The zero-order valence-corrected chi connectivity index (χ0v) is 19.3. The molecule has 1 aliphatic carbocycles. The van der Waals surface area contributed by atoms with E-state index in [9.17, 15) is 23.1 Å². The van der Waals surface area contributed by atoms with Crippen LogP contribution in [0.4, 0.5) is 24.9 Å². The molecule has 2 fully saturated rings. The third-order valence-electron chi connectivity index (χ3n) is 6.02. The zero-order valence-electron chi connectivity index (χ0n) is 19.3. The van der Waals surface area contributed by atoms with Gasteiger partial charge in [-0.05, 0) is 44.9 Å². The SMILES string of the molecule is C[C@@H](COC(F)F)Nc1ncc(C(=O)N[C@H]2CCN(CCF)C2)c(/N=C/C2CCC(O)CC2)n1. The van der Waals surface area contributed by atoms with Gasteiger partial charge in [0.1, 0.15) is 12.2 Å². The average molecular weight is 487 g/mol. The van der Waals surface area contributed by atoms with Gasteiger partial charge >= 0.3 is 6.61 Å². The van der Waals surface area contributed by atoms with Crippen LogP contribution in [-0.2, 0) is 4.74 Å². The number of halogens is 3. The van der Waals surface area contributed by atoms with Gasteiger partial charge in [-0.1, -0.05) is 0 Å². The molecule has 1 amide bonds. The largest absolute Gasteiger partial charge is 0.393 e. The lowest BCUT2D eigenvalue weighted by Crippen LogP contribution is -2.37. The van der Waals surface area contributed by atoms with E-state index < -0.39 is 19.3 Å². The van der Waals surface area contributed by atoms with Crippen molar-refractivity contribution in [2.24, 2.45) is 10.9 Å². The number of aliphatic hydroxyl groups excluding tert-OH is 1. The van der Waals surface area contributed by atoms with Gasteiger partial charge in [0.15, 0.2) is 5.82 Å². The minimum Gasteiger partial charge on any atom is -0.393 e. The number of hydrogen-bond acceptors (Lipinski definition) is 8. The number of carbonyl (C=O) groups excluding carboxylic acids is 1. The van der Waals surface area contributed by atoms with E-state index in [1.165, 1.54) is 6.20 Å². The summed E-state index contributed by atoms with van der Waals surface area (Å²) in [6, 6.07) is -0.606. The fourth-order valence-electron chi connectivity index (χ4n) is 4.14. The van der Waals surface area contributed by atoms with Crippen LogP contribution in [0.2, 0.25) is 0 Å². The number of amides is 1. The summed E-state index contributed by atoms with van der Waals surface area (Å²) >= 11 is 0. The second-order valence-electron chi connectivity index (χ2n) is 8.87. The molecule has 190 valence electrons. The first-order chi connectivity index (χ1) is 16.3.